The Hall–Kier alpha value is -0.160. The molecule has 19 heavy (non-hydrogen) atoms. The Bertz CT molecular complexity index is 273. The van der Waals surface area contributed by atoms with Crippen molar-refractivity contribution in [1.82, 2.24) is 20.4 Å². The smallest absolute Gasteiger partial charge is 0.0310 e. The largest absolute Gasteiger partial charge is 0.315 e. The summed E-state index contributed by atoms with van der Waals surface area (Å²) in [5.41, 5.74) is 0.236. The molecule has 0 saturated carbocycles. The summed E-state index contributed by atoms with van der Waals surface area (Å²) in [5, 5.41) is 7.10. The highest BCUT2D eigenvalue weighted by atomic mass is 15.3. The van der Waals surface area contributed by atoms with E-state index in [0.29, 0.717) is 6.04 Å². The highest BCUT2D eigenvalue weighted by Crippen LogP contribution is 2.29. The molecule has 2 saturated heterocycles. The Labute approximate surface area is 118 Å². The van der Waals surface area contributed by atoms with Crippen molar-refractivity contribution >= 4 is 0 Å². The van der Waals surface area contributed by atoms with Crippen molar-refractivity contribution in [2.45, 2.75) is 38.3 Å². The van der Waals surface area contributed by atoms with Gasteiger partial charge in [0.25, 0.3) is 0 Å². The van der Waals surface area contributed by atoms with Gasteiger partial charge in [-0.2, -0.15) is 0 Å². The summed E-state index contributed by atoms with van der Waals surface area (Å²) in [7, 11) is 4.40. The number of nitrogens with one attached hydrogen (secondary N) is 2. The first-order chi connectivity index (χ1) is 9.05. The quantitative estimate of drug-likeness (QED) is 0.782. The van der Waals surface area contributed by atoms with E-state index in [-0.39, 0.29) is 5.54 Å². The van der Waals surface area contributed by atoms with Crippen molar-refractivity contribution in [1.29, 1.82) is 0 Å². The van der Waals surface area contributed by atoms with Crippen LogP contribution in [0.15, 0.2) is 0 Å². The zero-order chi connectivity index (χ0) is 13.9. The highest BCUT2D eigenvalue weighted by Gasteiger charge is 2.40. The van der Waals surface area contributed by atoms with Crippen molar-refractivity contribution in [3.63, 3.8) is 0 Å². The second-order valence-corrected chi connectivity index (χ2v) is 6.82. The van der Waals surface area contributed by atoms with Crippen LogP contribution >= 0.6 is 0 Å². The molecule has 0 bridgehead atoms. The number of piperidine rings is 1. The molecule has 2 aliphatic heterocycles. The minimum absolute atomic E-state index is 0.236. The van der Waals surface area contributed by atoms with Crippen LogP contribution in [0.4, 0.5) is 0 Å². The lowest BCUT2D eigenvalue weighted by molar-refractivity contribution is 0.0311. The number of nitrogens with zero attached hydrogens (tertiary/aromatic N) is 2. The molecule has 2 atom stereocenters. The number of hydrogen-bond donors (Lipinski definition) is 2. The van der Waals surface area contributed by atoms with Crippen LogP contribution in [0.25, 0.3) is 0 Å². The Morgan fingerprint density at radius 2 is 1.89 bits per heavy atom. The molecular formula is C15H32N4. The van der Waals surface area contributed by atoms with E-state index in [1.807, 2.05) is 0 Å². The topological polar surface area (TPSA) is 30.5 Å². The van der Waals surface area contributed by atoms with Gasteiger partial charge in [-0.25, -0.2) is 0 Å². The molecule has 0 aromatic heterocycles. The van der Waals surface area contributed by atoms with Crippen molar-refractivity contribution in [2.24, 2.45) is 5.92 Å². The monoisotopic (exact) mass is 268 g/mol. The van der Waals surface area contributed by atoms with Crippen LogP contribution in [-0.4, -0.2) is 74.7 Å². The van der Waals surface area contributed by atoms with Gasteiger partial charge in [0.05, 0.1) is 0 Å². The average molecular weight is 268 g/mol. The molecule has 2 N–H and O–H groups in total. The normalized spacial score (nSPS) is 29.4. The summed E-state index contributed by atoms with van der Waals surface area (Å²) >= 11 is 0. The Balaban J connectivity index is 2.05. The molecule has 2 fully saturated rings. The number of rotatable bonds is 4. The minimum atomic E-state index is 0.236. The molecule has 2 rings (SSSR count). The predicted octanol–water partition coefficient (Wildman–Crippen LogP) is 0.600. The van der Waals surface area contributed by atoms with Gasteiger partial charge in [-0.1, -0.05) is 0 Å². The molecule has 4 nitrogen and oxygen atoms in total. The Morgan fingerprint density at radius 1 is 1.21 bits per heavy atom. The lowest BCUT2D eigenvalue weighted by atomic mass is 9.79. The van der Waals surface area contributed by atoms with Gasteiger partial charge in [0.15, 0.2) is 0 Å². The van der Waals surface area contributed by atoms with E-state index in [1.165, 1.54) is 39.0 Å². The molecular weight excluding hydrogens is 236 g/mol. The SMILES string of the molecule is CNC(C1CCCN(C)C1)C(C)(C)N1CCNCC1. The number of likely N-dealkylation sites (tertiary alicyclic amines) is 1. The summed E-state index contributed by atoms with van der Waals surface area (Å²) in [6.45, 7) is 12.0. The van der Waals surface area contributed by atoms with E-state index >= 15 is 0 Å². The van der Waals surface area contributed by atoms with Crippen LogP contribution in [0, 0.1) is 5.92 Å². The third kappa shape index (κ3) is 3.48. The molecule has 4 heteroatoms. The predicted molar refractivity (Wildman–Crippen MR) is 81.6 cm³/mol. The lowest BCUT2D eigenvalue weighted by Gasteiger charge is -2.50. The van der Waals surface area contributed by atoms with Crippen molar-refractivity contribution in [2.75, 3.05) is 53.4 Å². The molecule has 0 aromatic carbocycles. The fourth-order valence-electron chi connectivity index (χ4n) is 4.08. The molecule has 2 aliphatic rings. The zero-order valence-electron chi connectivity index (χ0n) is 13.2. The van der Waals surface area contributed by atoms with Gasteiger partial charge in [-0.3, -0.25) is 4.90 Å². The molecule has 2 heterocycles. The zero-order valence-corrected chi connectivity index (χ0v) is 13.2. The van der Waals surface area contributed by atoms with Gasteiger partial charge in [0.1, 0.15) is 0 Å². The van der Waals surface area contributed by atoms with Gasteiger partial charge in [-0.05, 0) is 53.2 Å². The van der Waals surface area contributed by atoms with Crippen molar-refractivity contribution < 1.29 is 0 Å². The van der Waals surface area contributed by atoms with E-state index in [4.69, 9.17) is 0 Å². The van der Waals surface area contributed by atoms with Gasteiger partial charge in [0.2, 0.25) is 0 Å². The lowest BCUT2D eigenvalue weighted by Crippen LogP contribution is -2.64. The standard InChI is InChI=1S/C15H32N4/c1-15(2,19-10-7-17-8-11-19)14(16-3)13-6-5-9-18(4)12-13/h13-14,16-17H,5-12H2,1-4H3. The van der Waals surface area contributed by atoms with Crippen LogP contribution in [-0.2, 0) is 0 Å². The second kappa shape index (κ2) is 6.53. The Morgan fingerprint density at radius 3 is 2.47 bits per heavy atom. The molecule has 112 valence electrons. The van der Waals surface area contributed by atoms with Crippen LogP contribution in [0.2, 0.25) is 0 Å². The van der Waals surface area contributed by atoms with Crippen LogP contribution in [0.5, 0.6) is 0 Å². The third-order valence-electron chi connectivity index (χ3n) is 5.14. The maximum absolute atomic E-state index is 3.64. The maximum atomic E-state index is 3.64. The summed E-state index contributed by atoms with van der Waals surface area (Å²) in [4.78, 5) is 5.16. The summed E-state index contributed by atoms with van der Waals surface area (Å²) in [6.07, 6.45) is 2.71. The Kier molecular flexibility index (Phi) is 5.23. The van der Waals surface area contributed by atoms with E-state index in [9.17, 15) is 0 Å². The molecule has 0 amide bonds. The van der Waals surface area contributed by atoms with E-state index in [2.05, 4.69) is 48.4 Å². The van der Waals surface area contributed by atoms with Gasteiger partial charge < -0.3 is 15.5 Å². The van der Waals surface area contributed by atoms with Gasteiger partial charge in [-0.15, -0.1) is 0 Å². The highest BCUT2D eigenvalue weighted by molar-refractivity contribution is 4.99. The van der Waals surface area contributed by atoms with Crippen LogP contribution in [0.1, 0.15) is 26.7 Å². The minimum Gasteiger partial charge on any atom is -0.315 e. The molecule has 0 aromatic rings. The number of likely N-dealkylation sites (N-methyl/N-ethyl adjacent to an activating group) is 1. The number of piperazine rings is 1. The van der Waals surface area contributed by atoms with E-state index in [0.717, 1.165) is 19.0 Å². The van der Waals surface area contributed by atoms with Gasteiger partial charge >= 0.3 is 0 Å². The summed E-state index contributed by atoms with van der Waals surface area (Å²) in [6, 6.07) is 0.577. The van der Waals surface area contributed by atoms with Crippen molar-refractivity contribution in [3.05, 3.63) is 0 Å². The van der Waals surface area contributed by atoms with Crippen molar-refractivity contribution in [3.8, 4) is 0 Å². The average Bonchev–Trinajstić information content (AvgIpc) is 2.40. The first-order valence-corrected chi connectivity index (χ1v) is 7.87. The molecule has 0 aliphatic carbocycles. The maximum Gasteiger partial charge on any atom is 0.0310 e. The first-order valence-electron chi connectivity index (χ1n) is 7.87. The van der Waals surface area contributed by atoms with E-state index in [1.54, 1.807) is 0 Å². The van der Waals surface area contributed by atoms with Gasteiger partial charge in [0, 0.05) is 44.3 Å². The summed E-state index contributed by atoms with van der Waals surface area (Å²) < 4.78 is 0. The summed E-state index contributed by atoms with van der Waals surface area (Å²) in [5.74, 6) is 0.772. The third-order valence-corrected chi connectivity index (χ3v) is 5.14. The fraction of sp³-hybridized carbons (Fsp3) is 1.00. The molecule has 0 spiro atoms. The van der Waals surface area contributed by atoms with E-state index < -0.39 is 0 Å². The molecule has 2 unspecified atom stereocenters. The van der Waals surface area contributed by atoms with Crippen LogP contribution in [0.3, 0.4) is 0 Å². The molecule has 0 radical (unpaired) electrons. The number of hydrogen-bond acceptors (Lipinski definition) is 4. The second-order valence-electron chi connectivity index (χ2n) is 6.82. The first kappa shape index (κ1) is 15.2. The fourth-order valence-corrected chi connectivity index (χ4v) is 4.08. The van der Waals surface area contributed by atoms with Crippen LogP contribution < -0.4 is 10.6 Å².